The Morgan fingerprint density at radius 3 is 2.64 bits per heavy atom. The van der Waals surface area contributed by atoms with Crippen molar-refractivity contribution >= 4 is 11.9 Å². The van der Waals surface area contributed by atoms with Gasteiger partial charge in [-0.25, -0.2) is 4.68 Å². The molecule has 6 heteroatoms. The van der Waals surface area contributed by atoms with Gasteiger partial charge in [-0.3, -0.25) is 9.59 Å². The van der Waals surface area contributed by atoms with E-state index in [1.54, 1.807) is 17.7 Å². The highest BCUT2D eigenvalue weighted by molar-refractivity contribution is 5.92. The molecule has 1 N–H and O–H groups in total. The molecule has 0 aliphatic rings. The summed E-state index contributed by atoms with van der Waals surface area (Å²) in [5, 5.41) is 7.00. The van der Waals surface area contributed by atoms with Crippen molar-refractivity contribution in [2.45, 2.75) is 13.8 Å². The van der Waals surface area contributed by atoms with Crippen molar-refractivity contribution in [2.24, 2.45) is 5.92 Å². The Hall–Kier alpha value is -2.63. The third kappa shape index (κ3) is 3.52. The predicted octanol–water partition coefficient (Wildman–Crippen LogP) is 1.72. The second-order valence-corrected chi connectivity index (χ2v) is 5.05. The number of nitrogens with one attached hydrogen (secondary N) is 1. The molecule has 0 saturated carbocycles. The van der Waals surface area contributed by atoms with Gasteiger partial charge in [0, 0.05) is 12.2 Å². The van der Waals surface area contributed by atoms with Gasteiger partial charge in [-0.15, -0.1) is 0 Å². The van der Waals surface area contributed by atoms with Crippen molar-refractivity contribution in [3.8, 4) is 5.69 Å². The maximum Gasteiger partial charge on any atom is 0.310 e. The number of nitrogens with zero attached hydrogens (tertiary/aromatic N) is 2. The lowest BCUT2D eigenvalue weighted by atomic mass is 10.2. The number of amides is 1. The molecule has 1 amide bonds. The Labute approximate surface area is 129 Å². The van der Waals surface area contributed by atoms with Crippen LogP contribution in [0.5, 0.6) is 0 Å². The molecule has 0 fully saturated rings. The number of rotatable bonds is 5. The van der Waals surface area contributed by atoms with Crippen LogP contribution in [0.3, 0.4) is 0 Å². The lowest BCUT2D eigenvalue weighted by Crippen LogP contribution is -2.32. The number of hydrogen-bond acceptors (Lipinski definition) is 4. The summed E-state index contributed by atoms with van der Waals surface area (Å²) in [4.78, 5) is 23.4. The van der Waals surface area contributed by atoms with E-state index in [1.807, 2.05) is 37.3 Å². The summed E-state index contributed by atoms with van der Waals surface area (Å²) in [5.74, 6) is -1.06. The molecule has 1 aromatic heterocycles. The van der Waals surface area contributed by atoms with Gasteiger partial charge in [0.25, 0.3) is 5.91 Å². The highest BCUT2D eigenvalue weighted by Crippen LogP contribution is 2.11. The number of carbonyl (C=O) groups excluding carboxylic acids is 2. The van der Waals surface area contributed by atoms with E-state index in [0.29, 0.717) is 5.69 Å². The summed E-state index contributed by atoms with van der Waals surface area (Å²) in [5.41, 5.74) is 2.07. The SMILES string of the molecule is COC(=O)[C@H](C)CNC(=O)c1cc(C)n(-c2ccccc2)n1. The van der Waals surface area contributed by atoms with Gasteiger partial charge in [0.2, 0.25) is 0 Å². The quantitative estimate of drug-likeness (QED) is 0.853. The Balaban J connectivity index is 2.07. The van der Waals surface area contributed by atoms with Crippen LogP contribution in [0.1, 0.15) is 23.1 Å². The van der Waals surface area contributed by atoms with E-state index >= 15 is 0 Å². The molecule has 0 spiro atoms. The number of hydrogen-bond donors (Lipinski definition) is 1. The summed E-state index contributed by atoms with van der Waals surface area (Å²) in [6.45, 7) is 3.79. The van der Waals surface area contributed by atoms with Crippen LogP contribution >= 0.6 is 0 Å². The van der Waals surface area contributed by atoms with Gasteiger partial charge < -0.3 is 10.1 Å². The average molecular weight is 301 g/mol. The maximum absolute atomic E-state index is 12.1. The van der Waals surface area contributed by atoms with Crippen molar-refractivity contribution in [3.63, 3.8) is 0 Å². The lowest BCUT2D eigenvalue weighted by Gasteiger charge is -2.09. The zero-order chi connectivity index (χ0) is 16.1. The minimum absolute atomic E-state index is 0.211. The van der Waals surface area contributed by atoms with Crippen LogP contribution in [-0.4, -0.2) is 35.3 Å². The first kappa shape index (κ1) is 15.8. The molecular weight excluding hydrogens is 282 g/mol. The van der Waals surface area contributed by atoms with E-state index < -0.39 is 5.92 Å². The standard InChI is InChI=1S/C16H19N3O3/c1-11(16(21)22-3)10-17-15(20)14-9-12(2)19(18-14)13-7-5-4-6-8-13/h4-9,11H,10H2,1-3H3,(H,17,20)/t11-/m1/s1. The zero-order valence-electron chi connectivity index (χ0n) is 12.9. The molecule has 116 valence electrons. The van der Waals surface area contributed by atoms with Gasteiger partial charge in [-0.1, -0.05) is 25.1 Å². The molecule has 6 nitrogen and oxygen atoms in total. The number of aromatic nitrogens is 2. The maximum atomic E-state index is 12.1. The third-order valence-corrected chi connectivity index (χ3v) is 3.29. The molecule has 0 aliphatic carbocycles. The summed E-state index contributed by atoms with van der Waals surface area (Å²) in [6, 6.07) is 11.3. The van der Waals surface area contributed by atoms with Gasteiger partial charge in [0.05, 0.1) is 18.7 Å². The number of ether oxygens (including phenoxy) is 1. The summed E-state index contributed by atoms with van der Waals surface area (Å²) >= 11 is 0. The van der Waals surface area contributed by atoms with E-state index in [0.717, 1.165) is 11.4 Å². The normalized spacial score (nSPS) is 11.8. The van der Waals surface area contributed by atoms with E-state index in [9.17, 15) is 9.59 Å². The number of para-hydroxylation sites is 1. The summed E-state index contributed by atoms with van der Waals surface area (Å²) in [6.07, 6.45) is 0. The largest absolute Gasteiger partial charge is 0.469 e. The van der Waals surface area contributed by atoms with E-state index in [4.69, 9.17) is 0 Å². The Kier molecular flexibility index (Phi) is 4.93. The first-order chi connectivity index (χ1) is 10.5. The van der Waals surface area contributed by atoms with Gasteiger partial charge in [0.15, 0.2) is 5.69 Å². The fraction of sp³-hybridized carbons (Fsp3) is 0.312. The number of esters is 1. The van der Waals surface area contributed by atoms with Crippen molar-refractivity contribution < 1.29 is 14.3 Å². The average Bonchev–Trinajstić information content (AvgIpc) is 2.94. The minimum Gasteiger partial charge on any atom is -0.469 e. The molecular formula is C16H19N3O3. The second kappa shape index (κ2) is 6.89. The smallest absolute Gasteiger partial charge is 0.310 e. The molecule has 0 aliphatic heterocycles. The van der Waals surface area contributed by atoms with E-state index in [2.05, 4.69) is 15.2 Å². The fourth-order valence-electron chi connectivity index (χ4n) is 2.04. The van der Waals surface area contributed by atoms with Crippen LogP contribution in [0.4, 0.5) is 0 Å². The Morgan fingerprint density at radius 1 is 1.32 bits per heavy atom. The summed E-state index contributed by atoms with van der Waals surface area (Å²) < 4.78 is 6.33. The third-order valence-electron chi connectivity index (χ3n) is 3.29. The van der Waals surface area contributed by atoms with Crippen LogP contribution < -0.4 is 5.32 Å². The fourth-order valence-corrected chi connectivity index (χ4v) is 2.04. The second-order valence-electron chi connectivity index (χ2n) is 5.05. The zero-order valence-corrected chi connectivity index (χ0v) is 12.9. The molecule has 22 heavy (non-hydrogen) atoms. The van der Waals surface area contributed by atoms with E-state index in [1.165, 1.54) is 7.11 Å². The van der Waals surface area contributed by atoms with Crippen molar-refractivity contribution in [3.05, 3.63) is 47.8 Å². The molecule has 1 aromatic carbocycles. The van der Waals surface area contributed by atoms with Crippen LogP contribution in [0.2, 0.25) is 0 Å². The van der Waals surface area contributed by atoms with Crippen LogP contribution in [-0.2, 0) is 9.53 Å². The highest BCUT2D eigenvalue weighted by atomic mass is 16.5. The van der Waals surface area contributed by atoms with Gasteiger partial charge in [-0.2, -0.15) is 5.10 Å². The first-order valence-electron chi connectivity index (χ1n) is 7.01. The highest BCUT2D eigenvalue weighted by Gasteiger charge is 2.17. The van der Waals surface area contributed by atoms with Gasteiger partial charge in [-0.05, 0) is 25.1 Å². The molecule has 0 bridgehead atoms. The van der Waals surface area contributed by atoms with E-state index in [-0.39, 0.29) is 18.4 Å². The molecule has 1 atom stereocenters. The molecule has 2 rings (SSSR count). The van der Waals surface area contributed by atoms with Crippen LogP contribution in [0.25, 0.3) is 5.69 Å². The molecule has 2 aromatic rings. The minimum atomic E-state index is -0.397. The van der Waals surface area contributed by atoms with Gasteiger partial charge >= 0.3 is 5.97 Å². The Bertz CT molecular complexity index is 665. The topological polar surface area (TPSA) is 73.2 Å². The lowest BCUT2D eigenvalue weighted by molar-refractivity contribution is -0.144. The molecule has 0 unspecified atom stereocenters. The van der Waals surface area contributed by atoms with Crippen LogP contribution in [0, 0.1) is 12.8 Å². The van der Waals surface area contributed by atoms with Crippen molar-refractivity contribution in [2.75, 3.05) is 13.7 Å². The summed E-state index contributed by atoms with van der Waals surface area (Å²) in [7, 11) is 1.32. The monoisotopic (exact) mass is 301 g/mol. The molecule has 1 heterocycles. The van der Waals surface area contributed by atoms with Crippen molar-refractivity contribution in [1.29, 1.82) is 0 Å². The Morgan fingerprint density at radius 2 is 2.00 bits per heavy atom. The number of aryl methyl sites for hydroxylation is 1. The predicted molar refractivity (Wildman–Crippen MR) is 81.8 cm³/mol. The molecule has 0 saturated heterocycles. The van der Waals surface area contributed by atoms with Crippen molar-refractivity contribution in [1.82, 2.24) is 15.1 Å². The first-order valence-corrected chi connectivity index (χ1v) is 7.01. The number of carbonyl (C=O) groups is 2. The number of benzene rings is 1. The van der Waals surface area contributed by atoms with Gasteiger partial charge in [0.1, 0.15) is 0 Å². The van der Waals surface area contributed by atoms with Crippen LogP contribution in [0.15, 0.2) is 36.4 Å². The number of methoxy groups -OCH3 is 1. The molecule has 0 radical (unpaired) electrons.